The topological polar surface area (TPSA) is 122 Å². The summed E-state index contributed by atoms with van der Waals surface area (Å²) in [6, 6.07) is 0. The number of nitrogens with two attached hydrogens (primary N) is 2. The normalized spacial score (nSPS) is 15.7. The number of amides is 3. The van der Waals surface area contributed by atoms with Crippen LogP contribution in [0.4, 0.5) is 0 Å². The molecule has 0 aromatic rings. The predicted octanol–water partition coefficient (Wildman–Crippen LogP) is -3.31. The highest BCUT2D eigenvalue weighted by atomic mass is 16.2. The van der Waals surface area contributed by atoms with E-state index in [0.717, 1.165) is 13.1 Å². The van der Waals surface area contributed by atoms with Gasteiger partial charge in [0.1, 0.15) is 0 Å². The second kappa shape index (κ2) is 6.92. The van der Waals surface area contributed by atoms with Crippen LogP contribution in [-0.4, -0.2) is 73.3 Å². The van der Waals surface area contributed by atoms with Gasteiger partial charge in [0, 0.05) is 26.2 Å². The van der Waals surface area contributed by atoms with Crippen LogP contribution in [0.15, 0.2) is 0 Å². The summed E-state index contributed by atoms with van der Waals surface area (Å²) in [7, 11) is 0. The molecule has 0 radical (unpaired) electrons. The number of hydrogen-bond acceptors (Lipinski definition) is 5. The van der Waals surface area contributed by atoms with Crippen LogP contribution < -0.4 is 16.8 Å². The van der Waals surface area contributed by atoms with Crippen molar-refractivity contribution in [3.63, 3.8) is 0 Å². The van der Waals surface area contributed by atoms with E-state index in [9.17, 15) is 14.4 Å². The van der Waals surface area contributed by atoms with Gasteiger partial charge in [0.15, 0.2) is 0 Å². The van der Waals surface area contributed by atoms with Gasteiger partial charge in [0.25, 0.3) is 0 Å². The lowest BCUT2D eigenvalue weighted by Gasteiger charge is -2.29. The van der Waals surface area contributed by atoms with Gasteiger partial charge in [-0.2, -0.15) is 0 Å². The fourth-order valence-electron chi connectivity index (χ4n) is 1.81. The molecular weight excluding hydrogens is 238 g/mol. The van der Waals surface area contributed by atoms with Crippen molar-refractivity contribution in [3.8, 4) is 0 Å². The number of piperazine rings is 1. The van der Waals surface area contributed by atoms with Gasteiger partial charge in [0.05, 0.1) is 19.6 Å². The molecule has 0 bridgehead atoms. The molecule has 102 valence electrons. The van der Waals surface area contributed by atoms with Crippen molar-refractivity contribution in [2.24, 2.45) is 11.5 Å². The Morgan fingerprint density at radius 3 is 1.94 bits per heavy atom. The van der Waals surface area contributed by atoms with Crippen molar-refractivity contribution in [2.45, 2.75) is 0 Å². The number of carbonyl (C=O) groups is 3. The van der Waals surface area contributed by atoms with Crippen LogP contribution in [0.25, 0.3) is 0 Å². The standard InChI is InChI=1S/C10H19N5O3/c11-8(16)5-14(6-9(12)17)7-10(18)15-3-1-13-2-4-15/h13H,1-7H2,(H2,11,16)(H2,12,17). The first-order chi connectivity index (χ1) is 8.49. The number of primary amides is 2. The molecule has 0 aliphatic carbocycles. The van der Waals surface area contributed by atoms with E-state index in [2.05, 4.69) is 5.32 Å². The molecule has 0 atom stereocenters. The zero-order valence-corrected chi connectivity index (χ0v) is 10.2. The lowest BCUT2D eigenvalue weighted by atomic mass is 10.3. The zero-order valence-electron chi connectivity index (χ0n) is 10.2. The molecule has 1 rings (SSSR count). The molecule has 0 aromatic heterocycles. The van der Waals surface area contributed by atoms with Crippen LogP contribution in [-0.2, 0) is 14.4 Å². The van der Waals surface area contributed by atoms with Crippen LogP contribution in [0, 0.1) is 0 Å². The first kappa shape index (κ1) is 14.4. The summed E-state index contributed by atoms with van der Waals surface area (Å²) < 4.78 is 0. The van der Waals surface area contributed by atoms with Crippen molar-refractivity contribution in [2.75, 3.05) is 45.8 Å². The highest BCUT2D eigenvalue weighted by molar-refractivity contribution is 5.83. The minimum absolute atomic E-state index is 0.0219. The number of rotatable bonds is 6. The molecule has 0 unspecified atom stereocenters. The maximum absolute atomic E-state index is 11.9. The van der Waals surface area contributed by atoms with E-state index in [1.165, 1.54) is 4.90 Å². The van der Waals surface area contributed by atoms with Gasteiger partial charge in [-0.15, -0.1) is 0 Å². The third-order valence-corrected chi connectivity index (χ3v) is 2.59. The van der Waals surface area contributed by atoms with Crippen LogP contribution in [0.5, 0.6) is 0 Å². The highest BCUT2D eigenvalue weighted by Crippen LogP contribution is 1.96. The van der Waals surface area contributed by atoms with Gasteiger partial charge in [-0.1, -0.05) is 0 Å². The van der Waals surface area contributed by atoms with E-state index in [1.54, 1.807) is 4.90 Å². The van der Waals surface area contributed by atoms with Gasteiger partial charge in [0.2, 0.25) is 17.7 Å². The second-order valence-corrected chi connectivity index (χ2v) is 4.21. The van der Waals surface area contributed by atoms with E-state index in [1.807, 2.05) is 0 Å². The maximum atomic E-state index is 11.9. The van der Waals surface area contributed by atoms with E-state index in [-0.39, 0.29) is 25.5 Å². The lowest BCUT2D eigenvalue weighted by molar-refractivity contribution is -0.134. The lowest BCUT2D eigenvalue weighted by Crippen LogP contribution is -2.51. The Kier molecular flexibility index (Phi) is 5.53. The van der Waals surface area contributed by atoms with Gasteiger partial charge in [-0.25, -0.2) is 0 Å². The molecule has 8 nitrogen and oxygen atoms in total. The first-order valence-electron chi connectivity index (χ1n) is 5.76. The van der Waals surface area contributed by atoms with Gasteiger partial charge < -0.3 is 21.7 Å². The van der Waals surface area contributed by atoms with Crippen LogP contribution >= 0.6 is 0 Å². The smallest absolute Gasteiger partial charge is 0.236 e. The molecule has 1 saturated heterocycles. The number of hydrogen-bond donors (Lipinski definition) is 3. The van der Waals surface area contributed by atoms with Crippen molar-refractivity contribution in [3.05, 3.63) is 0 Å². The number of nitrogens with zero attached hydrogens (tertiary/aromatic N) is 2. The molecule has 5 N–H and O–H groups in total. The first-order valence-corrected chi connectivity index (χ1v) is 5.76. The van der Waals surface area contributed by atoms with E-state index < -0.39 is 11.8 Å². The SMILES string of the molecule is NC(=O)CN(CC(N)=O)CC(=O)N1CCNCC1. The predicted molar refractivity (Wildman–Crippen MR) is 64.3 cm³/mol. The molecule has 1 aliphatic rings. The molecule has 1 fully saturated rings. The molecule has 18 heavy (non-hydrogen) atoms. The van der Waals surface area contributed by atoms with E-state index in [0.29, 0.717) is 13.1 Å². The summed E-state index contributed by atoms with van der Waals surface area (Å²) >= 11 is 0. The summed E-state index contributed by atoms with van der Waals surface area (Å²) in [4.78, 5) is 36.7. The molecule has 0 saturated carbocycles. The summed E-state index contributed by atoms with van der Waals surface area (Å²) in [6.07, 6.45) is 0. The van der Waals surface area contributed by atoms with E-state index in [4.69, 9.17) is 11.5 Å². The van der Waals surface area contributed by atoms with Gasteiger partial charge >= 0.3 is 0 Å². The number of nitrogens with one attached hydrogen (secondary N) is 1. The molecule has 3 amide bonds. The summed E-state index contributed by atoms with van der Waals surface area (Å²) in [5.41, 5.74) is 10.1. The fourth-order valence-corrected chi connectivity index (χ4v) is 1.81. The summed E-state index contributed by atoms with van der Waals surface area (Å²) in [5.74, 6) is -1.31. The Morgan fingerprint density at radius 2 is 1.50 bits per heavy atom. The second-order valence-electron chi connectivity index (χ2n) is 4.21. The average Bonchev–Trinajstić information content (AvgIpc) is 2.28. The minimum Gasteiger partial charge on any atom is -0.369 e. The molecule has 0 spiro atoms. The molecule has 1 heterocycles. The fraction of sp³-hybridized carbons (Fsp3) is 0.700. The Morgan fingerprint density at radius 1 is 1.00 bits per heavy atom. The van der Waals surface area contributed by atoms with Crippen LogP contribution in [0.3, 0.4) is 0 Å². The Hall–Kier alpha value is -1.67. The van der Waals surface area contributed by atoms with E-state index >= 15 is 0 Å². The molecule has 0 aromatic carbocycles. The van der Waals surface area contributed by atoms with Crippen molar-refractivity contribution in [1.82, 2.24) is 15.1 Å². The number of carbonyl (C=O) groups excluding carboxylic acids is 3. The summed E-state index contributed by atoms with van der Waals surface area (Å²) in [6.45, 7) is 2.42. The zero-order chi connectivity index (χ0) is 13.5. The molecule has 8 heteroatoms. The quantitative estimate of drug-likeness (QED) is 0.460. The average molecular weight is 257 g/mol. The van der Waals surface area contributed by atoms with Crippen molar-refractivity contribution in [1.29, 1.82) is 0 Å². The molecular formula is C10H19N5O3. The van der Waals surface area contributed by atoms with Crippen molar-refractivity contribution < 1.29 is 14.4 Å². The monoisotopic (exact) mass is 257 g/mol. The van der Waals surface area contributed by atoms with Gasteiger partial charge in [-0.3, -0.25) is 19.3 Å². The molecule has 1 aliphatic heterocycles. The Bertz CT molecular complexity index is 311. The van der Waals surface area contributed by atoms with Crippen LogP contribution in [0.1, 0.15) is 0 Å². The van der Waals surface area contributed by atoms with Crippen LogP contribution in [0.2, 0.25) is 0 Å². The largest absolute Gasteiger partial charge is 0.369 e. The summed E-state index contributed by atoms with van der Waals surface area (Å²) in [5, 5.41) is 3.13. The Balaban J connectivity index is 2.49. The Labute approximate surface area is 105 Å². The third-order valence-electron chi connectivity index (χ3n) is 2.59. The van der Waals surface area contributed by atoms with Crippen molar-refractivity contribution >= 4 is 17.7 Å². The maximum Gasteiger partial charge on any atom is 0.236 e. The minimum atomic E-state index is -0.593. The van der Waals surface area contributed by atoms with Gasteiger partial charge in [-0.05, 0) is 0 Å². The third kappa shape index (κ3) is 5.11. The highest BCUT2D eigenvalue weighted by Gasteiger charge is 2.20.